The molecule has 94 valence electrons. The van der Waals surface area contributed by atoms with Crippen LogP contribution in [0.15, 0.2) is 0 Å². The van der Waals surface area contributed by atoms with Crippen molar-refractivity contribution in [1.82, 2.24) is 0 Å². The van der Waals surface area contributed by atoms with E-state index in [2.05, 4.69) is 0 Å². The fraction of sp³-hybridized carbons (Fsp3) is 0.923. The molecule has 0 saturated heterocycles. The highest BCUT2D eigenvalue weighted by Crippen LogP contribution is 2.41. The summed E-state index contributed by atoms with van der Waals surface area (Å²) >= 11 is 0. The second kappa shape index (κ2) is 4.36. The molecular weight excluding hydrogens is 204 g/mol. The standard InChI is InChI=1S/C13H24O3/c1-6-12(4,5)11(14)16-10-7-13(15,8-10)9(2)3/h9-10,15H,6-8H2,1-5H3. The van der Waals surface area contributed by atoms with Gasteiger partial charge in [-0.15, -0.1) is 0 Å². The third kappa shape index (κ3) is 2.57. The van der Waals surface area contributed by atoms with Crippen molar-refractivity contribution in [3.8, 4) is 0 Å². The highest BCUT2D eigenvalue weighted by atomic mass is 16.5. The lowest BCUT2D eigenvalue weighted by atomic mass is 9.70. The van der Waals surface area contributed by atoms with Gasteiger partial charge in [0, 0.05) is 12.8 Å². The van der Waals surface area contributed by atoms with E-state index < -0.39 is 11.0 Å². The molecular formula is C13H24O3. The molecule has 0 aliphatic heterocycles. The Morgan fingerprint density at radius 2 is 2.00 bits per heavy atom. The van der Waals surface area contributed by atoms with E-state index in [4.69, 9.17) is 4.74 Å². The van der Waals surface area contributed by atoms with Gasteiger partial charge in [-0.3, -0.25) is 4.79 Å². The molecule has 1 rings (SSSR count). The van der Waals surface area contributed by atoms with Crippen LogP contribution in [0.5, 0.6) is 0 Å². The van der Waals surface area contributed by atoms with Gasteiger partial charge in [-0.25, -0.2) is 0 Å². The first-order chi connectivity index (χ1) is 7.21. The number of esters is 1. The van der Waals surface area contributed by atoms with Gasteiger partial charge >= 0.3 is 5.97 Å². The fourth-order valence-electron chi connectivity index (χ4n) is 1.74. The molecule has 0 unspecified atom stereocenters. The van der Waals surface area contributed by atoms with Gasteiger partial charge in [0.15, 0.2) is 0 Å². The van der Waals surface area contributed by atoms with Crippen molar-refractivity contribution in [2.75, 3.05) is 0 Å². The van der Waals surface area contributed by atoms with Crippen LogP contribution < -0.4 is 0 Å². The number of aliphatic hydroxyl groups is 1. The average Bonchev–Trinajstić information content (AvgIpc) is 2.14. The summed E-state index contributed by atoms with van der Waals surface area (Å²) in [4.78, 5) is 11.8. The SMILES string of the molecule is CCC(C)(C)C(=O)OC1CC(O)(C(C)C)C1. The first kappa shape index (κ1) is 13.5. The summed E-state index contributed by atoms with van der Waals surface area (Å²) in [5.74, 6) is 0.0763. The summed E-state index contributed by atoms with van der Waals surface area (Å²) in [6, 6.07) is 0. The maximum absolute atomic E-state index is 11.8. The van der Waals surface area contributed by atoms with Crippen molar-refractivity contribution in [2.24, 2.45) is 11.3 Å². The van der Waals surface area contributed by atoms with Crippen LogP contribution in [0, 0.1) is 11.3 Å². The predicted octanol–water partition coefficient (Wildman–Crippen LogP) is 2.52. The van der Waals surface area contributed by atoms with Crippen molar-refractivity contribution in [2.45, 2.75) is 65.6 Å². The molecule has 0 heterocycles. The van der Waals surface area contributed by atoms with Crippen molar-refractivity contribution < 1.29 is 14.6 Å². The van der Waals surface area contributed by atoms with E-state index in [1.54, 1.807) is 0 Å². The highest BCUT2D eigenvalue weighted by Gasteiger charge is 2.47. The molecule has 16 heavy (non-hydrogen) atoms. The van der Waals surface area contributed by atoms with Crippen molar-refractivity contribution in [3.63, 3.8) is 0 Å². The molecule has 3 nitrogen and oxygen atoms in total. The number of carbonyl (C=O) groups is 1. The Morgan fingerprint density at radius 3 is 2.38 bits per heavy atom. The zero-order valence-electron chi connectivity index (χ0n) is 11.0. The molecule has 0 aromatic rings. The van der Waals surface area contributed by atoms with Crippen LogP contribution in [0.3, 0.4) is 0 Å². The van der Waals surface area contributed by atoms with Crippen molar-refractivity contribution in [3.05, 3.63) is 0 Å². The van der Waals surface area contributed by atoms with Crippen LogP contribution in [-0.2, 0) is 9.53 Å². The Labute approximate surface area is 98.2 Å². The molecule has 0 bridgehead atoms. The number of hydrogen-bond acceptors (Lipinski definition) is 3. The smallest absolute Gasteiger partial charge is 0.311 e. The summed E-state index contributed by atoms with van der Waals surface area (Å²) in [5, 5.41) is 10.0. The monoisotopic (exact) mass is 228 g/mol. The average molecular weight is 228 g/mol. The summed E-state index contributed by atoms with van der Waals surface area (Å²) < 4.78 is 5.39. The number of hydrogen-bond donors (Lipinski definition) is 1. The molecule has 1 N–H and O–H groups in total. The van der Waals surface area contributed by atoms with Crippen molar-refractivity contribution >= 4 is 5.97 Å². The number of rotatable bonds is 4. The van der Waals surface area contributed by atoms with Gasteiger partial charge in [0.1, 0.15) is 6.10 Å². The Hall–Kier alpha value is -0.570. The van der Waals surface area contributed by atoms with Gasteiger partial charge in [0.25, 0.3) is 0 Å². The molecule has 3 heteroatoms. The summed E-state index contributed by atoms with van der Waals surface area (Å²) in [6.45, 7) is 9.75. The fourth-order valence-corrected chi connectivity index (χ4v) is 1.74. The molecule has 1 aliphatic rings. The van der Waals surface area contributed by atoms with E-state index in [-0.39, 0.29) is 18.0 Å². The topological polar surface area (TPSA) is 46.5 Å². The highest BCUT2D eigenvalue weighted by molar-refractivity contribution is 5.76. The number of carbonyl (C=O) groups excluding carboxylic acids is 1. The van der Waals surface area contributed by atoms with Gasteiger partial charge in [-0.1, -0.05) is 20.8 Å². The lowest BCUT2D eigenvalue weighted by Crippen LogP contribution is -2.53. The third-order valence-electron chi connectivity index (χ3n) is 3.95. The van der Waals surface area contributed by atoms with Gasteiger partial charge in [-0.05, 0) is 26.2 Å². The molecule has 1 saturated carbocycles. The van der Waals surface area contributed by atoms with E-state index in [9.17, 15) is 9.90 Å². The Kier molecular flexibility index (Phi) is 3.68. The molecule has 0 aromatic heterocycles. The van der Waals surface area contributed by atoms with Crippen LogP contribution >= 0.6 is 0 Å². The lowest BCUT2D eigenvalue weighted by Gasteiger charge is -2.46. The van der Waals surface area contributed by atoms with Crippen molar-refractivity contribution in [1.29, 1.82) is 0 Å². The summed E-state index contributed by atoms with van der Waals surface area (Å²) in [6.07, 6.45) is 1.84. The molecule has 0 atom stereocenters. The Balaban J connectivity index is 2.41. The zero-order chi connectivity index (χ0) is 12.6. The van der Waals surface area contributed by atoms with Crippen LogP contribution in [0.4, 0.5) is 0 Å². The predicted molar refractivity (Wildman–Crippen MR) is 63.0 cm³/mol. The maximum atomic E-state index is 11.8. The largest absolute Gasteiger partial charge is 0.462 e. The molecule has 0 radical (unpaired) electrons. The number of ether oxygens (including phenoxy) is 1. The summed E-state index contributed by atoms with van der Waals surface area (Å²) in [5.41, 5.74) is -1.03. The van der Waals surface area contributed by atoms with E-state index in [1.807, 2.05) is 34.6 Å². The Bertz CT molecular complexity index is 262. The first-order valence-electron chi connectivity index (χ1n) is 6.15. The van der Waals surface area contributed by atoms with Crippen LogP contribution in [0.2, 0.25) is 0 Å². The van der Waals surface area contributed by atoms with Gasteiger partial charge in [-0.2, -0.15) is 0 Å². The van der Waals surface area contributed by atoms with Gasteiger partial charge in [0.2, 0.25) is 0 Å². The van der Waals surface area contributed by atoms with Gasteiger partial charge < -0.3 is 9.84 Å². The molecule has 0 amide bonds. The second-order valence-electron chi connectivity index (χ2n) is 5.93. The normalized spacial score (nSPS) is 30.1. The summed E-state index contributed by atoms with van der Waals surface area (Å²) in [7, 11) is 0. The second-order valence-corrected chi connectivity index (χ2v) is 5.93. The zero-order valence-corrected chi connectivity index (χ0v) is 11.0. The molecule has 0 aromatic carbocycles. The minimum atomic E-state index is -0.624. The Morgan fingerprint density at radius 1 is 1.50 bits per heavy atom. The lowest BCUT2D eigenvalue weighted by molar-refractivity contribution is -0.189. The van der Waals surface area contributed by atoms with E-state index in [1.165, 1.54) is 0 Å². The van der Waals surface area contributed by atoms with E-state index in [0.717, 1.165) is 6.42 Å². The molecule has 1 fully saturated rings. The van der Waals surface area contributed by atoms with Gasteiger partial charge in [0.05, 0.1) is 11.0 Å². The third-order valence-corrected chi connectivity index (χ3v) is 3.95. The van der Waals surface area contributed by atoms with Crippen LogP contribution in [0.1, 0.15) is 53.9 Å². The molecule has 1 aliphatic carbocycles. The van der Waals surface area contributed by atoms with Crippen LogP contribution in [-0.4, -0.2) is 22.8 Å². The van der Waals surface area contributed by atoms with E-state index >= 15 is 0 Å². The maximum Gasteiger partial charge on any atom is 0.311 e. The molecule has 0 spiro atoms. The quantitative estimate of drug-likeness (QED) is 0.752. The van der Waals surface area contributed by atoms with Crippen LogP contribution in [0.25, 0.3) is 0 Å². The minimum absolute atomic E-state index is 0.0919. The first-order valence-corrected chi connectivity index (χ1v) is 6.15. The van der Waals surface area contributed by atoms with E-state index in [0.29, 0.717) is 12.8 Å². The minimum Gasteiger partial charge on any atom is -0.462 e.